The highest BCUT2D eigenvalue weighted by Gasteiger charge is 2.09. The fourth-order valence-electron chi connectivity index (χ4n) is 1.55. The predicted molar refractivity (Wildman–Crippen MR) is 88.7 cm³/mol. The molecule has 3 nitrogen and oxygen atoms in total. The first-order valence-electron chi connectivity index (χ1n) is 5.79. The van der Waals surface area contributed by atoms with Gasteiger partial charge in [0.2, 0.25) is 5.88 Å². The summed E-state index contributed by atoms with van der Waals surface area (Å²) in [4.78, 5) is 4.46. The van der Waals surface area contributed by atoms with Crippen molar-refractivity contribution in [2.24, 2.45) is 0 Å². The van der Waals surface area contributed by atoms with Crippen LogP contribution in [0, 0.1) is 0 Å². The maximum atomic E-state index is 5.21. The van der Waals surface area contributed by atoms with Gasteiger partial charge >= 0.3 is 0 Å². The molecule has 1 heterocycles. The second-order valence-electron chi connectivity index (χ2n) is 3.90. The Hall–Kier alpha value is -0.720. The molecule has 0 fully saturated rings. The van der Waals surface area contributed by atoms with Crippen LogP contribution in [0.1, 0.15) is 5.56 Å². The number of hydrogen-bond donors (Lipinski definition) is 0. The lowest BCUT2D eigenvalue weighted by Crippen LogP contribution is -1.92. The summed E-state index contributed by atoms with van der Waals surface area (Å²) in [6, 6.07) is 9.97. The molecule has 0 spiro atoms. The fourth-order valence-corrected chi connectivity index (χ4v) is 3.84. The van der Waals surface area contributed by atoms with E-state index in [0.717, 1.165) is 25.5 Å². The van der Waals surface area contributed by atoms with Crippen LogP contribution in [0.25, 0.3) is 0 Å². The molecule has 2 rings (SSSR count). The van der Waals surface area contributed by atoms with Crippen LogP contribution in [0.5, 0.6) is 11.6 Å². The van der Waals surface area contributed by atoms with Crippen LogP contribution >= 0.6 is 43.6 Å². The Morgan fingerprint density at radius 1 is 1.05 bits per heavy atom. The Bertz CT molecular complexity index is 590. The Kier molecular flexibility index (Phi) is 5.74. The molecule has 0 radical (unpaired) electrons. The zero-order valence-electron chi connectivity index (χ0n) is 11.0. The number of benzene rings is 1. The zero-order chi connectivity index (χ0) is 14.5. The molecule has 0 aliphatic heterocycles. The second kappa shape index (κ2) is 7.33. The molecule has 0 amide bonds. The van der Waals surface area contributed by atoms with Crippen molar-refractivity contribution in [3.63, 3.8) is 0 Å². The minimum atomic E-state index is 0.588. The molecule has 106 valence electrons. The van der Waals surface area contributed by atoms with Crippen LogP contribution in [-0.2, 0) is 5.75 Å². The van der Waals surface area contributed by atoms with Crippen LogP contribution in [-0.4, -0.2) is 19.2 Å². The van der Waals surface area contributed by atoms with Gasteiger partial charge in [-0.2, -0.15) is 0 Å². The Labute approximate surface area is 139 Å². The third-order valence-corrected chi connectivity index (χ3v) is 5.09. The van der Waals surface area contributed by atoms with E-state index in [-0.39, 0.29) is 0 Å². The average Bonchev–Trinajstić information content (AvgIpc) is 2.47. The Morgan fingerprint density at radius 2 is 1.75 bits per heavy atom. The van der Waals surface area contributed by atoms with Crippen molar-refractivity contribution in [1.82, 2.24) is 4.98 Å². The van der Waals surface area contributed by atoms with Gasteiger partial charge in [-0.3, -0.25) is 0 Å². The van der Waals surface area contributed by atoms with E-state index in [9.17, 15) is 0 Å². The monoisotopic (exact) mass is 417 g/mol. The summed E-state index contributed by atoms with van der Waals surface area (Å²) in [7, 11) is 3.28. The van der Waals surface area contributed by atoms with E-state index in [1.807, 2.05) is 18.2 Å². The summed E-state index contributed by atoms with van der Waals surface area (Å²) in [5.41, 5.74) is 1.21. The molecule has 0 bridgehead atoms. The number of aromatic nitrogens is 1. The largest absolute Gasteiger partial charge is 0.497 e. The predicted octanol–water partition coefficient (Wildman–Crippen LogP) is 4.92. The van der Waals surface area contributed by atoms with Crippen molar-refractivity contribution in [3.05, 3.63) is 44.8 Å². The van der Waals surface area contributed by atoms with Gasteiger partial charge in [0, 0.05) is 5.75 Å². The summed E-state index contributed by atoms with van der Waals surface area (Å²) in [6.07, 6.45) is 0. The molecule has 0 saturated carbocycles. The van der Waals surface area contributed by atoms with Gasteiger partial charge in [-0.05, 0) is 55.6 Å². The molecular weight excluding hydrogens is 406 g/mol. The first-order chi connectivity index (χ1) is 9.63. The van der Waals surface area contributed by atoms with Gasteiger partial charge in [-0.15, -0.1) is 11.8 Å². The maximum absolute atomic E-state index is 5.21. The van der Waals surface area contributed by atoms with Gasteiger partial charge in [-0.1, -0.05) is 12.1 Å². The lowest BCUT2D eigenvalue weighted by Gasteiger charge is -2.08. The molecule has 0 atom stereocenters. The molecule has 0 aliphatic rings. The number of halogens is 2. The number of hydrogen-bond acceptors (Lipinski definition) is 4. The summed E-state index contributed by atoms with van der Waals surface area (Å²) >= 11 is 8.58. The summed E-state index contributed by atoms with van der Waals surface area (Å²) < 4.78 is 12.1. The summed E-state index contributed by atoms with van der Waals surface area (Å²) in [5, 5.41) is 0.904. The Balaban J connectivity index is 2.09. The van der Waals surface area contributed by atoms with Crippen LogP contribution < -0.4 is 9.47 Å². The first-order valence-corrected chi connectivity index (χ1v) is 8.37. The number of nitrogens with zero attached hydrogens (tertiary/aromatic N) is 1. The van der Waals surface area contributed by atoms with Gasteiger partial charge in [-0.25, -0.2) is 4.98 Å². The smallest absolute Gasteiger partial charge is 0.228 e. The highest BCUT2D eigenvalue weighted by Crippen LogP contribution is 2.34. The van der Waals surface area contributed by atoms with Gasteiger partial charge in [0.05, 0.1) is 23.2 Å². The molecule has 0 unspecified atom stereocenters. The third kappa shape index (κ3) is 3.90. The van der Waals surface area contributed by atoms with E-state index in [4.69, 9.17) is 9.47 Å². The molecule has 1 aromatic heterocycles. The molecule has 6 heteroatoms. The van der Waals surface area contributed by atoms with Crippen molar-refractivity contribution in [1.29, 1.82) is 0 Å². The normalized spacial score (nSPS) is 10.4. The topological polar surface area (TPSA) is 31.4 Å². The van der Waals surface area contributed by atoms with Crippen molar-refractivity contribution in [2.45, 2.75) is 10.8 Å². The zero-order valence-corrected chi connectivity index (χ0v) is 15.0. The fraction of sp³-hybridized carbons (Fsp3) is 0.214. The minimum Gasteiger partial charge on any atom is -0.497 e. The van der Waals surface area contributed by atoms with E-state index in [1.54, 1.807) is 26.0 Å². The number of rotatable bonds is 5. The van der Waals surface area contributed by atoms with E-state index in [2.05, 4.69) is 49.0 Å². The first kappa shape index (κ1) is 15.7. The van der Waals surface area contributed by atoms with Gasteiger partial charge < -0.3 is 9.47 Å². The standard InChI is InChI=1S/C14H13Br2NO2S/c1-18-10-5-3-9(4-6-10)8-20-14-12(16)7-11(15)13(17-14)19-2/h3-7H,8H2,1-2H3. The average molecular weight is 419 g/mol. The highest BCUT2D eigenvalue weighted by molar-refractivity contribution is 9.11. The minimum absolute atomic E-state index is 0.588. The molecule has 2 aromatic rings. The number of methoxy groups -OCH3 is 2. The maximum Gasteiger partial charge on any atom is 0.228 e. The van der Waals surface area contributed by atoms with Crippen LogP contribution in [0.4, 0.5) is 0 Å². The van der Waals surface area contributed by atoms with Crippen molar-refractivity contribution in [2.75, 3.05) is 14.2 Å². The Morgan fingerprint density at radius 3 is 2.35 bits per heavy atom. The highest BCUT2D eigenvalue weighted by atomic mass is 79.9. The van der Waals surface area contributed by atoms with Crippen molar-refractivity contribution in [3.8, 4) is 11.6 Å². The molecule has 1 aromatic carbocycles. The van der Waals surface area contributed by atoms with Gasteiger partial charge in [0.15, 0.2) is 0 Å². The lowest BCUT2D eigenvalue weighted by molar-refractivity contribution is 0.391. The van der Waals surface area contributed by atoms with Crippen molar-refractivity contribution < 1.29 is 9.47 Å². The number of thioether (sulfide) groups is 1. The third-order valence-electron chi connectivity index (χ3n) is 2.59. The van der Waals surface area contributed by atoms with Crippen molar-refractivity contribution >= 4 is 43.6 Å². The second-order valence-corrected chi connectivity index (χ2v) is 6.58. The number of pyridine rings is 1. The molecule has 20 heavy (non-hydrogen) atoms. The quantitative estimate of drug-likeness (QED) is 0.645. The van der Waals surface area contributed by atoms with E-state index >= 15 is 0 Å². The molecule has 0 N–H and O–H groups in total. The van der Waals surface area contributed by atoms with Crippen LogP contribution in [0.3, 0.4) is 0 Å². The van der Waals surface area contributed by atoms with Gasteiger partial charge in [0.1, 0.15) is 10.8 Å². The molecule has 0 saturated heterocycles. The number of ether oxygens (including phenoxy) is 2. The van der Waals surface area contributed by atoms with Crippen LogP contribution in [0.15, 0.2) is 44.3 Å². The SMILES string of the molecule is COc1ccc(CSc2nc(OC)c(Br)cc2Br)cc1. The summed E-state index contributed by atoms with van der Waals surface area (Å²) in [5.74, 6) is 2.29. The van der Waals surface area contributed by atoms with Crippen LogP contribution in [0.2, 0.25) is 0 Å². The molecular formula is C14H13Br2NO2S. The summed E-state index contributed by atoms with van der Waals surface area (Å²) in [6.45, 7) is 0. The van der Waals surface area contributed by atoms with Gasteiger partial charge in [0.25, 0.3) is 0 Å². The molecule has 0 aliphatic carbocycles. The van der Waals surface area contributed by atoms with E-state index in [0.29, 0.717) is 5.88 Å². The van der Waals surface area contributed by atoms with E-state index < -0.39 is 0 Å². The van der Waals surface area contributed by atoms with E-state index in [1.165, 1.54) is 5.56 Å². The lowest BCUT2D eigenvalue weighted by atomic mass is 10.2.